The molecule has 0 saturated carbocycles. The molecule has 2 nitrogen and oxygen atoms in total. The van der Waals surface area contributed by atoms with E-state index in [0.29, 0.717) is 10.0 Å². The third-order valence-corrected chi connectivity index (χ3v) is 4.64. The number of hydrogen-bond acceptors (Lipinski definition) is 2. The van der Waals surface area contributed by atoms with Crippen molar-refractivity contribution >= 4 is 23.2 Å². The van der Waals surface area contributed by atoms with E-state index in [2.05, 4.69) is 23.6 Å². The molecule has 4 heteroatoms. The summed E-state index contributed by atoms with van der Waals surface area (Å²) in [5.41, 5.74) is 7.93. The van der Waals surface area contributed by atoms with Crippen LogP contribution in [0.3, 0.4) is 0 Å². The van der Waals surface area contributed by atoms with E-state index >= 15 is 0 Å². The molecule has 0 amide bonds. The fraction of sp³-hybridized carbons (Fsp3) is 0.250. The summed E-state index contributed by atoms with van der Waals surface area (Å²) in [6.07, 6.45) is 3.58. The monoisotopic (exact) mass is 306 g/mol. The van der Waals surface area contributed by atoms with Crippen molar-refractivity contribution < 1.29 is 0 Å². The van der Waals surface area contributed by atoms with E-state index in [-0.39, 0.29) is 6.04 Å². The van der Waals surface area contributed by atoms with Gasteiger partial charge in [0.05, 0.1) is 16.1 Å². The maximum atomic E-state index is 6.10. The number of nitrogens with two attached hydrogens (primary N) is 1. The Bertz CT molecular complexity index is 640. The van der Waals surface area contributed by atoms with E-state index in [1.807, 2.05) is 12.1 Å². The Kier molecular flexibility index (Phi) is 3.99. The van der Waals surface area contributed by atoms with E-state index in [4.69, 9.17) is 29.0 Å². The van der Waals surface area contributed by atoms with Crippen molar-refractivity contribution in [3.8, 4) is 0 Å². The standard InChI is InChI=1S/C16H16Cl2N2/c17-14-7-6-13(9-15(14)18)16(20-19)12-5-4-10-2-1-3-11(10)8-12/h4-9,16,20H,1-3,19H2. The molecule has 3 N–H and O–H groups in total. The number of halogens is 2. The largest absolute Gasteiger partial charge is 0.271 e. The first-order valence-corrected chi connectivity index (χ1v) is 7.47. The van der Waals surface area contributed by atoms with Gasteiger partial charge in [0.15, 0.2) is 0 Å². The van der Waals surface area contributed by atoms with E-state index in [1.165, 1.54) is 24.0 Å². The zero-order chi connectivity index (χ0) is 14.1. The molecule has 20 heavy (non-hydrogen) atoms. The Morgan fingerprint density at radius 3 is 2.35 bits per heavy atom. The smallest absolute Gasteiger partial charge is 0.0710 e. The number of aryl methyl sites for hydroxylation is 2. The Morgan fingerprint density at radius 1 is 0.900 bits per heavy atom. The molecule has 1 atom stereocenters. The topological polar surface area (TPSA) is 38.0 Å². The molecule has 2 aromatic carbocycles. The molecule has 0 spiro atoms. The molecule has 0 aromatic heterocycles. The Hall–Kier alpha value is -1.06. The Labute approximate surface area is 128 Å². The maximum absolute atomic E-state index is 6.10. The van der Waals surface area contributed by atoms with Crippen molar-refractivity contribution in [1.29, 1.82) is 0 Å². The van der Waals surface area contributed by atoms with E-state index in [0.717, 1.165) is 17.5 Å². The number of nitrogens with one attached hydrogen (secondary N) is 1. The lowest BCUT2D eigenvalue weighted by molar-refractivity contribution is 0.636. The molecule has 2 aromatic rings. The van der Waals surface area contributed by atoms with Gasteiger partial charge < -0.3 is 0 Å². The fourth-order valence-corrected chi connectivity index (χ4v) is 3.15. The van der Waals surface area contributed by atoms with Crippen molar-refractivity contribution in [2.24, 2.45) is 5.84 Å². The summed E-state index contributed by atoms with van der Waals surface area (Å²) in [7, 11) is 0. The van der Waals surface area contributed by atoms with Gasteiger partial charge in [-0.15, -0.1) is 0 Å². The molecule has 1 aliphatic carbocycles. The highest BCUT2D eigenvalue weighted by molar-refractivity contribution is 6.42. The zero-order valence-corrected chi connectivity index (χ0v) is 12.5. The fourth-order valence-electron chi connectivity index (χ4n) is 2.85. The zero-order valence-electron chi connectivity index (χ0n) is 11.0. The van der Waals surface area contributed by atoms with Gasteiger partial charge in [-0.25, -0.2) is 5.43 Å². The minimum Gasteiger partial charge on any atom is -0.271 e. The third-order valence-electron chi connectivity index (χ3n) is 3.90. The van der Waals surface area contributed by atoms with Gasteiger partial charge in [0.2, 0.25) is 0 Å². The molecular weight excluding hydrogens is 291 g/mol. The average Bonchev–Trinajstić information content (AvgIpc) is 2.91. The Balaban J connectivity index is 1.98. The lowest BCUT2D eigenvalue weighted by atomic mass is 9.96. The van der Waals surface area contributed by atoms with Gasteiger partial charge in [-0.3, -0.25) is 5.84 Å². The number of hydrogen-bond donors (Lipinski definition) is 2. The van der Waals surface area contributed by atoms with Gasteiger partial charge >= 0.3 is 0 Å². The number of benzene rings is 2. The second-order valence-corrected chi connectivity index (χ2v) is 5.97. The molecule has 0 fully saturated rings. The average molecular weight is 307 g/mol. The minimum absolute atomic E-state index is 0.0735. The van der Waals surface area contributed by atoms with Crippen LogP contribution in [-0.2, 0) is 12.8 Å². The molecule has 3 rings (SSSR count). The van der Waals surface area contributed by atoms with Crippen LogP contribution in [0.2, 0.25) is 10.0 Å². The molecule has 0 bridgehead atoms. The van der Waals surface area contributed by atoms with Crippen LogP contribution in [0.25, 0.3) is 0 Å². The van der Waals surface area contributed by atoms with Gasteiger partial charge in [-0.05, 0) is 53.6 Å². The number of hydrazine groups is 1. The van der Waals surface area contributed by atoms with Crippen LogP contribution in [0, 0.1) is 0 Å². The summed E-state index contributed by atoms with van der Waals surface area (Å²) >= 11 is 12.1. The highest BCUT2D eigenvalue weighted by Crippen LogP contribution is 2.31. The van der Waals surface area contributed by atoms with E-state index in [1.54, 1.807) is 6.07 Å². The highest BCUT2D eigenvalue weighted by atomic mass is 35.5. The van der Waals surface area contributed by atoms with Crippen molar-refractivity contribution in [2.75, 3.05) is 0 Å². The van der Waals surface area contributed by atoms with Gasteiger partial charge in [0.1, 0.15) is 0 Å². The first-order chi connectivity index (χ1) is 9.69. The van der Waals surface area contributed by atoms with Crippen LogP contribution in [0.5, 0.6) is 0 Å². The molecule has 0 saturated heterocycles. The number of fused-ring (bicyclic) bond motifs is 1. The third kappa shape index (κ3) is 2.57. The van der Waals surface area contributed by atoms with Crippen molar-refractivity contribution in [2.45, 2.75) is 25.3 Å². The normalized spacial score (nSPS) is 15.2. The van der Waals surface area contributed by atoms with E-state index in [9.17, 15) is 0 Å². The summed E-state index contributed by atoms with van der Waals surface area (Å²) in [6.45, 7) is 0. The van der Waals surface area contributed by atoms with Gasteiger partial charge in [-0.1, -0.05) is 47.5 Å². The maximum Gasteiger partial charge on any atom is 0.0710 e. The lowest BCUT2D eigenvalue weighted by Crippen LogP contribution is -2.28. The van der Waals surface area contributed by atoms with Crippen LogP contribution in [0.1, 0.15) is 34.7 Å². The first-order valence-electron chi connectivity index (χ1n) is 6.72. The predicted molar refractivity (Wildman–Crippen MR) is 84.1 cm³/mol. The summed E-state index contributed by atoms with van der Waals surface area (Å²) in [6, 6.07) is 12.1. The van der Waals surface area contributed by atoms with Crippen LogP contribution in [0.4, 0.5) is 0 Å². The van der Waals surface area contributed by atoms with Crippen LogP contribution in [-0.4, -0.2) is 0 Å². The predicted octanol–water partition coefficient (Wildman–Crippen LogP) is 4.03. The summed E-state index contributed by atoms with van der Waals surface area (Å²) < 4.78 is 0. The van der Waals surface area contributed by atoms with Crippen molar-refractivity contribution in [1.82, 2.24) is 5.43 Å². The van der Waals surface area contributed by atoms with Crippen LogP contribution in [0.15, 0.2) is 36.4 Å². The van der Waals surface area contributed by atoms with Gasteiger partial charge in [0.25, 0.3) is 0 Å². The van der Waals surface area contributed by atoms with Gasteiger partial charge in [0, 0.05) is 0 Å². The molecule has 104 valence electrons. The molecule has 0 aliphatic heterocycles. The summed E-state index contributed by atoms with van der Waals surface area (Å²) in [5, 5.41) is 1.10. The molecule has 1 unspecified atom stereocenters. The highest BCUT2D eigenvalue weighted by Gasteiger charge is 2.17. The Morgan fingerprint density at radius 2 is 1.60 bits per heavy atom. The second kappa shape index (κ2) is 5.74. The molecule has 0 radical (unpaired) electrons. The SMILES string of the molecule is NNC(c1ccc(Cl)c(Cl)c1)c1ccc2c(c1)CCC2. The van der Waals surface area contributed by atoms with E-state index < -0.39 is 0 Å². The molecule has 1 aliphatic rings. The lowest BCUT2D eigenvalue weighted by Gasteiger charge is -2.18. The van der Waals surface area contributed by atoms with Crippen molar-refractivity contribution in [3.05, 3.63) is 68.7 Å². The quantitative estimate of drug-likeness (QED) is 0.663. The van der Waals surface area contributed by atoms with Gasteiger partial charge in [-0.2, -0.15) is 0 Å². The minimum atomic E-state index is -0.0735. The summed E-state index contributed by atoms with van der Waals surface area (Å²) in [5.74, 6) is 5.74. The van der Waals surface area contributed by atoms with Crippen molar-refractivity contribution in [3.63, 3.8) is 0 Å². The number of rotatable bonds is 3. The molecule has 0 heterocycles. The second-order valence-electron chi connectivity index (χ2n) is 5.15. The van der Waals surface area contributed by atoms with Crippen LogP contribution >= 0.6 is 23.2 Å². The summed E-state index contributed by atoms with van der Waals surface area (Å²) in [4.78, 5) is 0. The first kappa shape index (κ1) is 13.9. The molecular formula is C16H16Cl2N2. The van der Waals surface area contributed by atoms with Crippen LogP contribution < -0.4 is 11.3 Å².